The molecule has 1 atom stereocenters. The van der Waals surface area contributed by atoms with Gasteiger partial charge in [0, 0.05) is 30.8 Å². The summed E-state index contributed by atoms with van der Waals surface area (Å²) in [6.45, 7) is 0.816. The molecule has 0 aromatic heterocycles. The van der Waals surface area contributed by atoms with Crippen LogP contribution in [0.2, 0.25) is 0 Å². The Labute approximate surface area is 168 Å². The number of carbonyl (C=O) groups excluding carboxylic acids is 2. The zero-order valence-electron chi connectivity index (χ0n) is 15.9. The van der Waals surface area contributed by atoms with Crippen LogP contribution >= 0.6 is 0 Å². The molecule has 3 amide bonds. The summed E-state index contributed by atoms with van der Waals surface area (Å²) in [6, 6.07) is 4.80. The molecule has 11 nitrogen and oxygen atoms in total. The number of anilines is 1. The van der Waals surface area contributed by atoms with Crippen LogP contribution in [0.3, 0.4) is 0 Å². The van der Waals surface area contributed by atoms with E-state index in [-0.39, 0.29) is 18.7 Å². The van der Waals surface area contributed by atoms with Crippen LogP contribution < -0.4 is 27.2 Å². The Morgan fingerprint density at radius 3 is 2.10 bits per heavy atom. The maximum Gasteiger partial charge on any atom is 0.326 e. The van der Waals surface area contributed by atoms with Crippen molar-refractivity contribution in [2.75, 3.05) is 18.5 Å². The fourth-order valence-electron chi connectivity index (χ4n) is 2.38. The molecule has 0 fully saturated rings. The standard InChI is InChI=1S/C18H27N5O6/c19-23-13-6-4-12(5-7-13)16(26)20-10-2-1-3-11-21-18(29)22-14(17(27)28)8-9-15(24)25/h4-7,14,23H,1-3,8-11,19H2,(H,20,26)(H,24,25)(H,27,28)(H2,21,22,29). The largest absolute Gasteiger partial charge is 0.481 e. The summed E-state index contributed by atoms with van der Waals surface area (Å²) in [5.41, 5.74) is 3.71. The van der Waals surface area contributed by atoms with Crippen LogP contribution in [-0.4, -0.2) is 53.2 Å². The van der Waals surface area contributed by atoms with Crippen LogP contribution in [0.25, 0.3) is 0 Å². The van der Waals surface area contributed by atoms with E-state index in [1.54, 1.807) is 24.3 Å². The van der Waals surface area contributed by atoms with Gasteiger partial charge >= 0.3 is 18.0 Å². The minimum atomic E-state index is -1.29. The molecular formula is C18H27N5O6. The number of carboxylic acid groups (broad SMARTS) is 2. The highest BCUT2D eigenvalue weighted by molar-refractivity contribution is 5.94. The molecular weight excluding hydrogens is 382 g/mol. The van der Waals surface area contributed by atoms with E-state index in [0.29, 0.717) is 37.2 Å². The van der Waals surface area contributed by atoms with E-state index in [1.807, 2.05) is 0 Å². The summed E-state index contributed by atoms with van der Waals surface area (Å²) >= 11 is 0. The second-order valence-corrected chi connectivity index (χ2v) is 6.26. The molecule has 0 aliphatic carbocycles. The number of nitrogen functional groups attached to an aromatic ring is 1. The Morgan fingerprint density at radius 2 is 1.55 bits per heavy atom. The first kappa shape index (κ1) is 23.7. The number of carbonyl (C=O) groups is 4. The van der Waals surface area contributed by atoms with Crippen LogP contribution in [0.5, 0.6) is 0 Å². The molecule has 8 N–H and O–H groups in total. The molecule has 0 aliphatic rings. The first-order chi connectivity index (χ1) is 13.8. The molecule has 0 spiro atoms. The third-order valence-corrected chi connectivity index (χ3v) is 3.99. The lowest BCUT2D eigenvalue weighted by molar-refractivity contribution is -0.140. The third kappa shape index (κ3) is 9.96. The van der Waals surface area contributed by atoms with Crippen molar-refractivity contribution in [1.29, 1.82) is 0 Å². The van der Waals surface area contributed by atoms with Gasteiger partial charge in [0.25, 0.3) is 5.91 Å². The monoisotopic (exact) mass is 409 g/mol. The Balaban J connectivity index is 2.14. The van der Waals surface area contributed by atoms with Gasteiger partial charge in [-0.05, 0) is 49.9 Å². The summed E-state index contributed by atoms with van der Waals surface area (Å²) in [5.74, 6) is 2.66. The summed E-state index contributed by atoms with van der Waals surface area (Å²) in [4.78, 5) is 45.2. The lowest BCUT2D eigenvalue weighted by Gasteiger charge is -2.14. The zero-order chi connectivity index (χ0) is 21.6. The number of nitrogens with one attached hydrogen (secondary N) is 4. The molecule has 1 aromatic rings. The van der Waals surface area contributed by atoms with Crippen molar-refractivity contribution in [1.82, 2.24) is 16.0 Å². The zero-order valence-corrected chi connectivity index (χ0v) is 15.9. The predicted octanol–water partition coefficient (Wildman–Crippen LogP) is 0.490. The summed E-state index contributed by atoms with van der Waals surface area (Å²) < 4.78 is 0. The lowest BCUT2D eigenvalue weighted by Crippen LogP contribution is -2.46. The topological polar surface area (TPSA) is 183 Å². The fourth-order valence-corrected chi connectivity index (χ4v) is 2.38. The van der Waals surface area contributed by atoms with E-state index < -0.39 is 24.0 Å². The van der Waals surface area contributed by atoms with Gasteiger partial charge in [0.15, 0.2) is 0 Å². The number of amides is 3. The molecule has 160 valence electrons. The highest BCUT2D eigenvalue weighted by atomic mass is 16.4. The molecule has 0 aliphatic heterocycles. The number of carboxylic acids is 2. The van der Waals surface area contributed by atoms with Gasteiger partial charge in [0.2, 0.25) is 0 Å². The van der Waals surface area contributed by atoms with Gasteiger partial charge < -0.3 is 31.6 Å². The minimum absolute atomic E-state index is 0.188. The molecule has 0 radical (unpaired) electrons. The van der Waals surface area contributed by atoms with Crippen LogP contribution in [0.15, 0.2) is 24.3 Å². The van der Waals surface area contributed by atoms with Gasteiger partial charge in [-0.25, -0.2) is 9.59 Å². The molecule has 1 rings (SSSR count). The van der Waals surface area contributed by atoms with Crippen molar-refractivity contribution in [2.24, 2.45) is 5.84 Å². The molecule has 11 heteroatoms. The third-order valence-electron chi connectivity index (χ3n) is 3.99. The molecule has 29 heavy (non-hydrogen) atoms. The number of rotatable bonds is 13. The molecule has 0 bridgehead atoms. The molecule has 1 aromatic carbocycles. The lowest BCUT2D eigenvalue weighted by atomic mass is 10.1. The number of hydrogen-bond donors (Lipinski definition) is 7. The van der Waals surface area contributed by atoms with Gasteiger partial charge in [-0.1, -0.05) is 0 Å². The number of benzene rings is 1. The van der Waals surface area contributed by atoms with Crippen LogP contribution in [-0.2, 0) is 9.59 Å². The van der Waals surface area contributed by atoms with E-state index >= 15 is 0 Å². The number of urea groups is 1. The number of hydrogen-bond acceptors (Lipinski definition) is 6. The predicted molar refractivity (Wildman–Crippen MR) is 105 cm³/mol. The molecule has 0 saturated heterocycles. The number of aliphatic carboxylic acids is 2. The van der Waals surface area contributed by atoms with E-state index in [0.717, 1.165) is 6.42 Å². The van der Waals surface area contributed by atoms with E-state index in [9.17, 15) is 19.2 Å². The number of hydrazine groups is 1. The Kier molecular flexibility index (Phi) is 10.6. The SMILES string of the molecule is NNc1ccc(C(=O)NCCCCCNC(=O)NC(CCC(=O)O)C(=O)O)cc1. The average molecular weight is 409 g/mol. The molecule has 0 heterocycles. The summed E-state index contributed by atoms with van der Waals surface area (Å²) in [6.07, 6.45) is 1.57. The molecule has 1 unspecified atom stereocenters. The van der Waals surface area contributed by atoms with E-state index in [4.69, 9.17) is 16.1 Å². The normalized spacial score (nSPS) is 11.2. The number of unbranched alkanes of at least 4 members (excludes halogenated alkanes) is 2. The highest BCUT2D eigenvalue weighted by Crippen LogP contribution is 2.07. The minimum Gasteiger partial charge on any atom is -0.481 e. The molecule has 0 saturated carbocycles. The van der Waals surface area contributed by atoms with Crippen molar-refractivity contribution in [2.45, 2.75) is 38.1 Å². The summed E-state index contributed by atoms with van der Waals surface area (Å²) in [5, 5.41) is 25.1. The second-order valence-electron chi connectivity index (χ2n) is 6.26. The number of nitrogens with two attached hydrogens (primary N) is 1. The Morgan fingerprint density at radius 1 is 0.931 bits per heavy atom. The van der Waals surface area contributed by atoms with Crippen LogP contribution in [0.1, 0.15) is 42.5 Å². The Hall–Kier alpha value is -3.34. The maximum absolute atomic E-state index is 12.0. The van der Waals surface area contributed by atoms with Crippen molar-refractivity contribution in [3.05, 3.63) is 29.8 Å². The van der Waals surface area contributed by atoms with Gasteiger partial charge in [-0.15, -0.1) is 0 Å². The van der Waals surface area contributed by atoms with Gasteiger partial charge in [-0.3, -0.25) is 15.4 Å². The Bertz CT molecular complexity index is 694. The second kappa shape index (κ2) is 12.9. The van der Waals surface area contributed by atoms with Crippen molar-refractivity contribution < 1.29 is 29.4 Å². The van der Waals surface area contributed by atoms with Crippen molar-refractivity contribution in [3.63, 3.8) is 0 Å². The van der Waals surface area contributed by atoms with Gasteiger partial charge in [0.05, 0.1) is 0 Å². The van der Waals surface area contributed by atoms with E-state index in [2.05, 4.69) is 21.4 Å². The smallest absolute Gasteiger partial charge is 0.326 e. The quantitative estimate of drug-likeness (QED) is 0.139. The fraction of sp³-hybridized carbons (Fsp3) is 0.444. The average Bonchev–Trinajstić information content (AvgIpc) is 2.69. The maximum atomic E-state index is 12.0. The summed E-state index contributed by atoms with van der Waals surface area (Å²) in [7, 11) is 0. The highest BCUT2D eigenvalue weighted by Gasteiger charge is 2.20. The van der Waals surface area contributed by atoms with Crippen molar-refractivity contribution >= 4 is 29.6 Å². The first-order valence-corrected chi connectivity index (χ1v) is 9.17. The first-order valence-electron chi connectivity index (χ1n) is 9.17. The van der Waals surface area contributed by atoms with Crippen molar-refractivity contribution in [3.8, 4) is 0 Å². The van der Waals surface area contributed by atoms with E-state index in [1.165, 1.54) is 0 Å². The van der Waals surface area contributed by atoms with Gasteiger partial charge in [-0.2, -0.15) is 0 Å². The van der Waals surface area contributed by atoms with Gasteiger partial charge in [0.1, 0.15) is 6.04 Å². The van der Waals surface area contributed by atoms with Crippen LogP contribution in [0, 0.1) is 0 Å². The van der Waals surface area contributed by atoms with Crippen LogP contribution in [0.4, 0.5) is 10.5 Å².